The summed E-state index contributed by atoms with van der Waals surface area (Å²) in [4.78, 5) is 13.0. The van der Waals surface area contributed by atoms with E-state index in [0.717, 1.165) is 30.8 Å². The molecule has 2 aromatic carbocycles. The van der Waals surface area contributed by atoms with Crippen LogP contribution in [0.1, 0.15) is 22.3 Å². The molecule has 126 valence electrons. The first-order chi connectivity index (χ1) is 11.5. The van der Waals surface area contributed by atoms with Gasteiger partial charge in [0, 0.05) is 31.4 Å². The van der Waals surface area contributed by atoms with Gasteiger partial charge in [-0.2, -0.15) is 0 Å². The molecule has 24 heavy (non-hydrogen) atoms. The number of anilines is 1. The maximum atomic E-state index is 13.6. The molecule has 0 radical (unpaired) electrons. The fourth-order valence-corrected chi connectivity index (χ4v) is 2.99. The van der Waals surface area contributed by atoms with E-state index in [-0.39, 0.29) is 10.6 Å². The number of nitrogens with zero attached hydrogens (tertiary/aromatic N) is 1. The maximum Gasteiger partial charge on any atom is 0.335 e. The van der Waals surface area contributed by atoms with E-state index in [1.807, 2.05) is 18.2 Å². The number of rotatable bonds is 5. The summed E-state index contributed by atoms with van der Waals surface area (Å²) in [7, 11) is 0. The molecule has 3 rings (SSSR count). The minimum Gasteiger partial charge on any atom is -0.478 e. The summed E-state index contributed by atoms with van der Waals surface area (Å²) in [6, 6.07) is 12.0. The van der Waals surface area contributed by atoms with Crippen LogP contribution in [-0.4, -0.2) is 30.2 Å². The topological polar surface area (TPSA) is 52.6 Å². The van der Waals surface area contributed by atoms with Gasteiger partial charge in [-0.1, -0.05) is 23.7 Å². The highest BCUT2D eigenvalue weighted by atomic mass is 35.5. The molecule has 1 atom stereocenters. The van der Waals surface area contributed by atoms with Crippen LogP contribution in [0.15, 0.2) is 42.5 Å². The Bertz CT molecular complexity index is 736. The third-order valence-corrected chi connectivity index (χ3v) is 4.56. The van der Waals surface area contributed by atoms with Gasteiger partial charge in [0.15, 0.2) is 0 Å². The second-order valence-electron chi connectivity index (χ2n) is 5.91. The third kappa shape index (κ3) is 3.86. The SMILES string of the molecule is O=C(O)c1ccc(CNC2CCN(c3ccc(Cl)c(F)c3)C2)cc1. The molecule has 0 aliphatic carbocycles. The van der Waals surface area contributed by atoms with Gasteiger partial charge in [0.2, 0.25) is 0 Å². The zero-order valence-corrected chi connectivity index (χ0v) is 13.8. The van der Waals surface area contributed by atoms with E-state index in [0.29, 0.717) is 12.6 Å². The van der Waals surface area contributed by atoms with Crippen LogP contribution in [0.25, 0.3) is 0 Å². The number of benzene rings is 2. The van der Waals surface area contributed by atoms with E-state index in [1.54, 1.807) is 18.2 Å². The number of halogens is 2. The molecule has 4 nitrogen and oxygen atoms in total. The number of carbonyl (C=O) groups is 1. The summed E-state index contributed by atoms with van der Waals surface area (Å²) in [5.74, 6) is -1.32. The summed E-state index contributed by atoms with van der Waals surface area (Å²) in [5.41, 5.74) is 2.17. The van der Waals surface area contributed by atoms with Gasteiger partial charge in [0.05, 0.1) is 10.6 Å². The number of hydrogen-bond donors (Lipinski definition) is 2. The predicted octanol–water partition coefficient (Wildman–Crippen LogP) is 3.55. The molecule has 0 aromatic heterocycles. The van der Waals surface area contributed by atoms with Crippen molar-refractivity contribution >= 4 is 23.3 Å². The Kier molecular flexibility index (Phi) is 5.02. The van der Waals surface area contributed by atoms with Crippen molar-refractivity contribution in [1.29, 1.82) is 0 Å². The van der Waals surface area contributed by atoms with Crippen molar-refractivity contribution in [2.75, 3.05) is 18.0 Å². The first-order valence-electron chi connectivity index (χ1n) is 7.78. The average molecular weight is 349 g/mol. The fourth-order valence-electron chi connectivity index (χ4n) is 2.87. The van der Waals surface area contributed by atoms with E-state index in [9.17, 15) is 9.18 Å². The predicted molar refractivity (Wildman–Crippen MR) is 92.3 cm³/mol. The van der Waals surface area contributed by atoms with E-state index < -0.39 is 11.8 Å². The smallest absolute Gasteiger partial charge is 0.335 e. The Labute approximate surface area is 144 Å². The molecule has 2 N–H and O–H groups in total. The quantitative estimate of drug-likeness (QED) is 0.867. The lowest BCUT2D eigenvalue weighted by molar-refractivity contribution is 0.0697. The van der Waals surface area contributed by atoms with Crippen LogP contribution < -0.4 is 10.2 Å². The second kappa shape index (κ2) is 7.20. The summed E-state index contributed by atoms with van der Waals surface area (Å²) >= 11 is 5.72. The zero-order chi connectivity index (χ0) is 17.1. The van der Waals surface area contributed by atoms with Crippen molar-refractivity contribution in [2.24, 2.45) is 0 Å². The van der Waals surface area contributed by atoms with Gasteiger partial charge in [-0.3, -0.25) is 0 Å². The van der Waals surface area contributed by atoms with E-state index in [1.165, 1.54) is 6.07 Å². The van der Waals surface area contributed by atoms with Crippen LogP contribution in [0.5, 0.6) is 0 Å². The highest BCUT2D eigenvalue weighted by Gasteiger charge is 2.22. The minimum atomic E-state index is -0.920. The van der Waals surface area contributed by atoms with Gasteiger partial charge in [0.1, 0.15) is 5.82 Å². The summed E-state index contributed by atoms with van der Waals surface area (Å²) in [6.07, 6.45) is 0.970. The van der Waals surface area contributed by atoms with Crippen molar-refractivity contribution in [3.8, 4) is 0 Å². The van der Waals surface area contributed by atoms with E-state index in [4.69, 9.17) is 16.7 Å². The molecule has 1 aliphatic rings. The van der Waals surface area contributed by atoms with Crippen LogP contribution in [-0.2, 0) is 6.54 Å². The Hall–Kier alpha value is -2.11. The molecule has 2 aromatic rings. The molecule has 1 saturated heterocycles. The van der Waals surface area contributed by atoms with Crippen molar-refractivity contribution in [1.82, 2.24) is 5.32 Å². The standard InChI is InChI=1S/C18H18ClFN2O2/c19-16-6-5-15(9-17(16)20)22-8-7-14(11-22)21-10-12-1-3-13(4-2-12)18(23)24/h1-6,9,14,21H,7-8,10-11H2,(H,23,24). The van der Waals surface area contributed by atoms with Gasteiger partial charge in [0.25, 0.3) is 0 Å². The molecule has 1 fully saturated rings. The van der Waals surface area contributed by atoms with Gasteiger partial charge in [-0.05, 0) is 42.3 Å². The summed E-state index contributed by atoms with van der Waals surface area (Å²) < 4.78 is 13.6. The molecular formula is C18H18ClFN2O2. The van der Waals surface area contributed by atoms with E-state index in [2.05, 4.69) is 10.2 Å². The van der Waals surface area contributed by atoms with E-state index >= 15 is 0 Å². The molecule has 1 heterocycles. The Morgan fingerprint density at radius 3 is 2.71 bits per heavy atom. The Balaban J connectivity index is 1.54. The number of nitrogens with one attached hydrogen (secondary N) is 1. The van der Waals surface area contributed by atoms with Gasteiger partial charge in [-0.25, -0.2) is 9.18 Å². The molecule has 1 aliphatic heterocycles. The Morgan fingerprint density at radius 2 is 2.04 bits per heavy atom. The van der Waals surface area contributed by atoms with Crippen LogP contribution in [0.3, 0.4) is 0 Å². The number of carboxylic acids is 1. The third-order valence-electron chi connectivity index (χ3n) is 4.25. The van der Waals surface area contributed by atoms with Crippen molar-refractivity contribution < 1.29 is 14.3 Å². The second-order valence-corrected chi connectivity index (χ2v) is 6.32. The van der Waals surface area contributed by atoms with Gasteiger partial charge < -0.3 is 15.3 Å². The molecule has 1 unspecified atom stereocenters. The Morgan fingerprint density at radius 1 is 1.29 bits per heavy atom. The zero-order valence-electron chi connectivity index (χ0n) is 13.0. The molecule has 0 saturated carbocycles. The van der Waals surface area contributed by atoms with Crippen LogP contribution >= 0.6 is 11.6 Å². The lowest BCUT2D eigenvalue weighted by Crippen LogP contribution is -2.32. The van der Waals surface area contributed by atoms with Crippen LogP contribution in [0.4, 0.5) is 10.1 Å². The first-order valence-corrected chi connectivity index (χ1v) is 8.16. The number of hydrogen-bond acceptors (Lipinski definition) is 3. The lowest BCUT2D eigenvalue weighted by atomic mass is 10.1. The average Bonchev–Trinajstić information content (AvgIpc) is 3.05. The van der Waals surface area contributed by atoms with Crippen LogP contribution in [0.2, 0.25) is 5.02 Å². The summed E-state index contributed by atoms with van der Waals surface area (Å²) in [6.45, 7) is 2.33. The lowest BCUT2D eigenvalue weighted by Gasteiger charge is -2.19. The van der Waals surface area contributed by atoms with Gasteiger partial charge >= 0.3 is 5.97 Å². The normalized spacial score (nSPS) is 17.2. The molecule has 6 heteroatoms. The highest BCUT2D eigenvalue weighted by molar-refractivity contribution is 6.30. The largest absolute Gasteiger partial charge is 0.478 e. The summed E-state index contributed by atoms with van der Waals surface area (Å²) in [5, 5.41) is 12.5. The minimum absolute atomic E-state index is 0.137. The van der Waals surface area contributed by atoms with Gasteiger partial charge in [-0.15, -0.1) is 0 Å². The van der Waals surface area contributed by atoms with Crippen molar-refractivity contribution in [3.63, 3.8) is 0 Å². The molecule has 0 spiro atoms. The number of aromatic carboxylic acids is 1. The maximum absolute atomic E-state index is 13.6. The number of carboxylic acid groups (broad SMARTS) is 1. The highest BCUT2D eigenvalue weighted by Crippen LogP contribution is 2.25. The molecule has 0 amide bonds. The van der Waals surface area contributed by atoms with Crippen LogP contribution in [0, 0.1) is 5.82 Å². The fraction of sp³-hybridized carbons (Fsp3) is 0.278. The van der Waals surface area contributed by atoms with Crippen molar-refractivity contribution in [2.45, 2.75) is 19.0 Å². The monoisotopic (exact) mass is 348 g/mol. The molecular weight excluding hydrogens is 331 g/mol. The molecule has 0 bridgehead atoms. The van der Waals surface area contributed by atoms with Crippen molar-refractivity contribution in [3.05, 3.63) is 64.4 Å². The first kappa shape index (κ1) is 16.7.